The summed E-state index contributed by atoms with van der Waals surface area (Å²) in [6.45, 7) is 2.97. The Morgan fingerprint density at radius 2 is 2.07 bits per heavy atom. The molecule has 1 fully saturated rings. The maximum absolute atomic E-state index is 12.3. The summed E-state index contributed by atoms with van der Waals surface area (Å²) >= 11 is 0. The fourth-order valence-corrected chi connectivity index (χ4v) is 4.83. The zero-order valence-electron chi connectivity index (χ0n) is 14.9. The van der Waals surface area contributed by atoms with E-state index < -0.39 is 33.4 Å². The van der Waals surface area contributed by atoms with Crippen molar-refractivity contribution in [3.63, 3.8) is 0 Å². The molecule has 1 aromatic heterocycles. The van der Waals surface area contributed by atoms with Gasteiger partial charge in [0.15, 0.2) is 9.84 Å². The molecule has 1 saturated heterocycles. The number of carbonyl (C=O) groups is 2. The lowest BCUT2D eigenvalue weighted by Crippen LogP contribution is -2.37. The van der Waals surface area contributed by atoms with Crippen LogP contribution in [-0.4, -0.2) is 37.8 Å². The van der Waals surface area contributed by atoms with Gasteiger partial charge in [-0.2, -0.15) is 0 Å². The normalized spacial score (nSPS) is 18.4. The molecule has 3 rings (SSSR count). The third-order valence-corrected chi connectivity index (χ3v) is 6.22. The number of amides is 1. The first-order chi connectivity index (χ1) is 12.6. The van der Waals surface area contributed by atoms with Gasteiger partial charge in [-0.25, -0.2) is 13.2 Å². The first-order valence-electron chi connectivity index (χ1n) is 8.39. The summed E-state index contributed by atoms with van der Waals surface area (Å²) in [4.78, 5) is 35.6. The highest BCUT2D eigenvalue weighted by Crippen LogP contribution is 2.24. The van der Waals surface area contributed by atoms with Crippen molar-refractivity contribution < 1.29 is 27.2 Å². The van der Waals surface area contributed by atoms with Crippen molar-refractivity contribution in [3.05, 3.63) is 39.7 Å². The van der Waals surface area contributed by atoms with E-state index in [1.165, 1.54) is 13.0 Å². The van der Waals surface area contributed by atoms with Gasteiger partial charge < -0.3 is 14.5 Å². The van der Waals surface area contributed by atoms with E-state index in [4.69, 9.17) is 9.15 Å². The Bertz CT molecular complexity index is 1080. The number of hydrogen-bond acceptors (Lipinski definition) is 7. The number of benzene rings is 1. The van der Waals surface area contributed by atoms with Gasteiger partial charge in [-0.3, -0.25) is 9.59 Å². The molecule has 8 nitrogen and oxygen atoms in total. The van der Waals surface area contributed by atoms with Gasteiger partial charge in [-0.15, -0.1) is 0 Å². The fourth-order valence-electron chi connectivity index (χ4n) is 3.16. The van der Waals surface area contributed by atoms with Crippen LogP contribution >= 0.6 is 0 Å². The number of carbonyl (C=O) groups excluding carboxylic acids is 2. The molecule has 1 aromatic carbocycles. The molecule has 1 atom stereocenters. The molecule has 0 bridgehead atoms. The van der Waals surface area contributed by atoms with Gasteiger partial charge in [0.25, 0.3) is 0 Å². The summed E-state index contributed by atoms with van der Waals surface area (Å²) in [5.74, 6) is -0.688. The van der Waals surface area contributed by atoms with Gasteiger partial charge >= 0.3 is 11.6 Å². The largest absolute Gasteiger partial charge is 0.427 e. The molecule has 1 aliphatic rings. The second-order valence-corrected chi connectivity index (χ2v) is 8.82. The molecule has 2 aromatic rings. The second-order valence-electron chi connectivity index (χ2n) is 6.59. The molecule has 0 spiro atoms. The number of sulfone groups is 1. The Morgan fingerprint density at radius 3 is 2.70 bits per heavy atom. The molecule has 144 valence electrons. The molecule has 0 aliphatic carbocycles. The fraction of sp³-hybridized carbons (Fsp3) is 0.389. The van der Waals surface area contributed by atoms with Gasteiger partial charge in [0.05, 0.1) is 23.5 Å². The van der Waals surface area contributed by atoms with E-state index in [2.05, 4.69) is 5.32 Å². The Labute approximate surface area is 155 Å². The summed E-state index contributed by atoms with van der Waals surface area (Å²) in [6, 6.07) is 4.24. The van der Waals surface area contributed by atoms with Crippen LogP contribution in [0.5, 0.6) is 5.75 Å². The highest BCUT2D eigenvalue weighted by atomic mass is 32.2. The number of aryl methyl sites for hydroxylation is 1. The minimum Gasteiger partial charge on any atom is -0.427 e. The Hall–Kier alpha value is -2.68. The molecule has 1 N–H and O–H groups in total. The van der Waals surface area contributed by atoms with Gasteiger partial charge in [-0.1, -0.05) is 0 Å². The van der Waals surface area contributed by atoms with Crippen LogP contribution in [-0.2, 0) is 25.8 Å². The second kappa shape index (κ2) is 7.15. The number of nitrogens with one attached hydrogen (secondary N) is 1. The smallest absolute Gasteiger partial charge is 0.340 e. The van der Waals surface area contributed by atoms with E-state index in [-0.39, 0.29) is 34.8 Å². The average Bonchev–Trinajstić information content (AvgIpc) is 2.89. The Morgan fingerprint density at radius 1 is 1.33 bits per heavy atom. The Balaban J connectivity index is 1.83. The Kier molecular flexibility index (Phi) is 5.05. The molecular formula is C18H19NO7S. The minimum atomic E-state index is -3.10. The first-order valence-corrected chi connectivity index (χ1v) is 10.2. The maximum Gasteiger partial charge on any atom is 0.340 e. The highest BCUT2D eigenvalue weighted by Gasteiger charge is 2.29. The van der Waals surface area contributed by atoms with Gasteiger partial charge in [0.1, 0.15) is 11.3 Å². The van der Waals surface area contributed by atoms with Crippen LogP contribution < -0.4 is 15.7 Å². The number of rotatable bonds is 4. The van der Waals surface area contributed by atoms with Crippen LogP contribution in [0.3, 0.4) is 0 Å². The van der Waals surface area contributed by atoms with Gasteiger partial charge in [-0.05, 0) is 31.0 Å². The molecule has 1 amide bonds. The lowest BCUT2D eigenvalue weighted by molar-refractivity contribution is -0.131. The van der Waals surface area contributed by atoms with Crippen molar-refractivity contribution in [1.82, 2.24) is 5.32 Å². The summed E-state index contributed by atoms with van der Waals surface area (Å²) < 4.78 is 33.2. The van der Waals surface area contributed by atoms with Crippen LogP contribution in [0, 0.1) is 6.92 Å². The van der Waals surface area contributed by atoms with Crippen LogP contribution in [0.2, 0.25) is 0 Å². The average molecular weight is 393 g/mol. The number of esters is 1. The van der Waals surface area contributed by atoms with Crippen molar-refractivity contribution in [1.29, 1.82) is 0 Å². The van der Waals surface area contributed by atoms with Crippen LogP contribution in [0.1, 0.15) is 24.5 Å². The summed E-state index contributed by atoms with van der Waals surface area (Å²) in [5.41, 5.74) is 0.391. The quantitative estimate of drug-likeness (QED) is 0.465. The third-order valence-electron chi connectivity index (χ3n) is 4.46. The van der Waals surface area contributed by atoms with E-state index in [9.17, 15) is 22.8 Å². The summed E-state index contributed by atoms with van der Waals surface area (Å²) in [5, 5.41) is 3.28. The van der Waals surface area contributed by atoms with E-state index in [0.717, 1.165) is 0 Å². The van der Waals surface area contributed by atoms with Crippen molar-refractivity contribution in [2.24, 2.45) is 0 Å². The molecule has 0 radical (unpaired) electrons. The molecule has 2 heterocycles. The lowest BCUT2D eigenvalue weighted by atomic mass is 10.0. The van der Waals surface area contributed by atoms with Gasteiger partial charge in [0.2, 0.25) is 5.91 Å². The van der Waals surface area contributed by atoms with Gasteiger partial charge in [0, 0.05) is 24.4 Å². The molecular weight excluding hydrogens is 374 g/mol. The standard InChI is InChI=1S/C18H19NO7S/c1-10-14-4-3-13(25-11(2)20)7-16(14)26-18(22)15(10)8-17(21)19-12-5-6-27(23,24)9-12/h3-4,7,12H,5-6,8-9H2,1-2H3,(H,19,21)/t12-/m0/s1. The number of fused-ring (bicyclic) bond motifs is 1. The predicted octanol–water partition coefficient (Wildman–Crippen LogP) is 0.873. The summed E-state index contributed by atoms with van der Waals surface area (Å²) in [6.07, 6.45) is 0.171. The van der Waals surface area contributed by atoms with Crippen molar-refractivity contribution in [2.75, 3.05) is 11.5 Å². The summed E-state index contributed by atoms with van der Waals surface area (Å²) in [7, 11) is -3.10. The number of ether oxygens (including phenoxy) is 1. The van der Waals surface area contributed by atoms with Crippen molar-refractivity contribution in [3.8, 4) is 5.75 Å². The SMILES string of the molecule is CC(=O)Oc1ccc2c(C)c(CC(=O)N[C@H]3CCS(=O)(=O)C3)c(=O)oc2c1. The zero-order valence-corrected chi connectivity index (χ0v) is 15.7. The molecule has 27 heavy (non-hydrogen) atoms. The zero-order chi connectivity index (χ0) is 19.8. The molecule has 0 saturated carbocycles. The maximum atomic E-state index is 12.3. The van der Waals surface area contributed by atoms with E-state index in [1.807, 2.05) is 0 Å². The molecule has 1 aliphatic heterocycles. The van der Waals surface area contributed by atoms with E-state index in [0.29, 0.717) is 17.4 Å². The first kappa shape index (κ1) is 19.1. The molecule has 0 unspecified atom stereocenters. The molecule has 9 heteroatoms. The van der Waals surface area contributed by atoms with Crippen LogP contribution in [0.15, 0.2) is 27.4 Å². The predicted molar refractivity (Wildman–Crippen MR) is 97.4 cm³/mol. The highest BCUT2D eigenvalue weighted by molar-refractivity contribution is 7.91. The monoisotopic (exact) mass is 393 g/mol. The lowest BCUT2D eigenvalue weighted by Gasteiger charge is -2.12. The van der Waals surface area contributed by atoms with Crippen molar-refractivity contribution in [2.45, 2.75) is 32.7 Å². The van der Waals surface area contributed by atoms with Crippen molar-refractivity contribution >= 4 is 32.7 Å². The van der Waals surface area contributed by atoms with Crippen LogP contribution in [0.4, 0.5) is 0 Å². The minimum absolute atomic E-state index is 0.0553. The van der Waals surface area contributed by atoms with E-state index >= 15 is 0 Å². The van der Waals surface area contributed by atoms with Crippen LogP contribution in [0.25, 0.3) is 11.0 Å². The number of hydrogen-bond donors (Lipinski definition) is 1. The van der Waals surface area contributed by atoms with E-state index in [1.54, 1.807) is 19.1 Å². The topological polar surface area (TPSA) is 120 Å². The third kappa shape index (κ3) is 4.36.